The highest BCUT2D eigenvalue weighted by atomic mass is 14.9. The van der Waals surface area contributed by atoms with E-state index in [0.29, 0.717) is 17.9 Å². The molecule has 0 saturated heterocycles. The van der Waals surface area contributed by atoms with Crippen LogP contribution in [0.1, 0.15) is 68.8 Å². The molecule has 1 heterocycles. The lowest BCUT2D eigenvalue weighted by Crippen LogP contribution is -2.35. The van der Waals surface area contributed by atoms with E-state index in [2.05, 4.69) is 90.4 Å². The molecule has 0 aliphatic heterocycles. The van der Waals surface area contributed by atoms with Gasteiger partial charge in [0.05, 0.1) is 12.3 Å². The van der Waals surface area contributed by atoms with Crippen LogP contribution in [-0.4, -0.2) is 0 Å². The first-order valence-electron chi connectivity index (χ1n) is 10.2. The molecule has 0 saturated carbocycles. The van der Waals surface area contributed by atoms with Crippen LogP contribution in [0, 0.1) is 20.8 Å². The van der Waals surface area contributed by atoms with Crippen LogP contribution in [0.25, 0.3) is 22.0 Å². The Labute approximate surface area is 160 Å². The second-order valence-corrected chi connectivity index (χ2v) is 8.24. The van der Waals surface area contributed by atoms with Crippen molar-refractivity contribution in [3.8, 4) is 11.3 Å². The molecule has 0 fully saturated rings. The van der Waals surface area contributed by atoms with Crippen molar-refractivity contribution in [2.45, 2.75) is 60.3 Å². The summed E-state index contributed by atoms with van der Waals surface area (Å²) in [5.74, 6) is 0.948. The summed E-state index contributed by atoms with van der Waals surface area (Å²) in [5, 5.41) is 2.22. The van der Waals surface area contributed by atoms with Crippen molar-refractivity contribution in [2.24, 2.45) is 7.05 Å². The second kappa shape index (κ2) is 6.87. The van der Waals surface area contributed by atoms with Gasteiger partial charge in [0.1, 0.15) is 7.05 Å². The van der Waals surface area contributed by atoms with Crippen LogP contribution in [0.5, 0.6) is 0 Å². The molecule has 0 aliphatic rings. The highest BCUT2D eigenvalue weighted by Crippen LogP contribution is 2.34. The Morgan fingerprint density at radius 3 is 2.15 bits per heavy atom. The zero-order chi connectivity index (χ0) is 20.0. The molecule has 1 nitrogen and oxygen atoms in total. The van der Waals surface area contributed by atoms with Gasteiger partial charge >= 0.3 is 0 Å². The van der Waals surface area contributed by atoms with Crippen molar-refractivity contribution in [3.63, 3.8) is 0 Å². The van der Waals surface area contributed by atoms with Gasteiger partial charge in [-0.2, -0.15) is 4.57 Å². The van der Waals surface area contributed by atoms with Crippen molar-refractivity contribution in [2.75, 3.05) is 0 Å². The van der Waals surface area contributed by atoms with Gasteiger partial charge in [0, 0.05) is 13.0 Å². The summed E-state index contributed by atoms with van der Waals surface area (Å²) < 4.78 is 10.9. The Morgan fingerprint density at radius 2 is 1.54 bits per heavy atom. The van der Waals surface area contributed by atoms with E-state index in [0.717, 1.165) is 11.1 Å². The fourth-order valence-electron chi connectivity index (χ4n) is 3.65. The number of benzene rings is 2. The number of aryl methyl sites for hydroxylation is 1. The third-order valence-corrected chi connectivity index (χ3v) is 5.73. The minimum Gasteiger partial charge on any atom is -0.198 e. The van der Waals surface area contributed by atoms with E-state index in [4.69, 9.17) is 1.37 Å². The molecular formula is C25H32N+. The predicted molar refractivity (Wildman–Crippen MR) is 113 cm³/mol. The Kier molecular flexibility index (Phi) is 4.56. The standard InChI is InChI=1S/C25H32N/c1-15(2)20-9-10-23-22(13-20)12-18(6)26(8)25(23)24-14-21(16(3)4)11-17(5)19(24)7/h9-16H,1-8H3/q+1/i12D. The molecule has 26 heavy (non-hydrogen) atoms. The molecule has 0 aliphatic carbocycles. The van der Waals surface area contributed by atoms with Crippen LogP contribution in [0.2, 0.25) is 0 Å². The third-order valence-electron chi connectivity index (χ3n) is 5.73. The van der Waals surface area contributed by atoms with Gasteiger partial charge < -0.3 is 0 Å². The van der Waals surface area contributed by atoms with Gasteiger partial charge in [-0.15, -0.1) is 0 Å². The summed E-state index contributed by atoms with van der Waals surface area (Å²) in [6.45, 7) is 15.4. The summed E-state index contributed by atoms with van der Waals surface area (Å²) in [6.07, 6.45) is 0. The van der Waals surface area contributed by atoms with E-state index in [1.54, 1.807) is 0 Å². The van der Waals surface area contributed by atoms with E-state index in [-0.39, 0.29) is 0 Å². The van der Waals surface area contributed by atoms with Gasteiger partial charge in [0.25, 0.3) is 0 Å². The van der Waals surface area contributed by atoms with Crippen molar-refractivity contribution >= 4 is 10.8 Å². The maximum Gasteiger partial charge on any atom is 0.220 e. The smallest absolute Gasteiger partial charge is 0.198 e. The molecular weight excluding hydrogens is 314 g/mol. The molecule has 3 aromatic rings. The van der Waals surface area contributed by atoms with Gasteiger partial charge in [-0.05, 0) is 65.5 Å². The second-order valence-electron chi connectivity index (χ2n) is 8.24. The molecule has 0 atom stereocenters. The fourth-order valence-corrected chi connectivity index (χ4v) is 3.65. The molecule has 0 radical (unpaired) electrons. The highest BCUT2D eigenvalue weighted by molar-refractivity contribution is 5.94. The molecule has 0 unspecified atom stereocenters. The van der Waals surface area contributed by atoms with Crippen molar-refractivity contribution in [1.82, 2.24) is 0 Å². The van der Waals surface area contributed by atoms with E-state index >= 15 is 0 Å². The van der Waals surface area contributed by atoms with E-state index in [1.165, 1.54) is 38.9 Å². The normalized spacial score (nSPS) is 12.3. The lowest BCUT2D eigenvalue weighted by Gasteiger charge is -2.16. The summed E-state index contributed by atoms with van der Waals surface area (Å²) in [7, 11) is 2.09. The van der Waals surface area contributed by atoms with Crippen molar-refractivity contribution in [1.29, 1.82) is 0 Å². The monoisotopic (exact) mass is 347 g/mol. The largest absolute Gasteiger partial charge is 0.220 e. The van der Waals surface area contributed by atoms with Crippen LogP contribution in [-0.2, 0) is 7.05 Å². The van der Waals surface area contributed by atoms with E-state index in [9.17, 15) is 0 Å². The number of pyridine rings is 1. The Morgan fingerprint density at radius 1 is 0.885 bits per heavy atom. The molecule has 136 valence electrons. The summed E-state index contributed by atoms with van der Waals surface area (Å²) in [4.78, 5) is 0. The van der Waals surface area contributed by atoms with Crippen LogP contribution in [0.4, 0.5) is 0 Å². The zero-order valence-electron chi connectivity index (χ0n) is 18.5. The van der Waals surface area contributed by atoms with E-state index < -0.39 is 0 Å². The molecule has 1 aromatic heterocycles. The minimum absolute atomic E-state index is 0.458. The zero-order valence-corrected chi connectivity index (χ0v) is 17.5. The van der Waals surface area contributed by atoms with Crippen molar-refractivity contribution in [3.05, 3.63) is 64.3 Å². The highest BCUT2D eigenvalue weighted by Gasteiger charge is 2.21. The quantitative estimate of drug-likeness (QED) is 0.476. The van der Waals surface area contributed by atoms with Gasteiger partial charge in [-0.3, -0.25) is 0 Å². The molecule has 3 rings (SSSR count). The number of fused-ring (bicyclic) bond motifs is 1. The maximum absolute atomic E-state index is 8.71. The fraction of sp³-hybridized carbons (Fsp3) is 0.400. The third kappa shape index (κ3) is 3.16. The topological polar surface area (TPSA) is 3.88 Å². The average molecular weight is 348 g/mol. The number of hydrogen-bond acceptors (Lipinski definition) is 0. The van der Waals surface area contributed by atoms with Crippen LogP contribution in [0.15, 0.2) is 36.4 Å². The van der Waals surface area contributed by atoms with Gasteiger partial charge in [0.15, 0.2) is 5.69 Å². The predicted octanol–water partition coefficient (Wildman–Crippen LogP) is 6.50. The van der Waals surface area contributed by atoms with Gasteiger partial charge in [-0.25, -0.2) is 0 Å². The molecule has 0 N–H and O–H groups in total. The Hall–Kier alpha value is -2.15. The maximum atomic E-state index is 8.71. The van der Waals surface area contributed by atoms with Crippen molar-refractivity contribution < 1.29 is 5.94 Å². The Bertz CT molecular complexity index is 1030. The summed E-state index contributed by atoms with van der Waals surface area (Å²) in [5.41, 5.74) is 8.82. The molecule has 0 amide bonds. The SMILES string of the molecule is [2H]c1c(C)[n+](C)c(-c2cc(C(C)C)cc(C)c2C)c2ccc(C(C)C)cc12. The lowest BCUT2D eigenvalue weighted by molar-refractivity contribution is -0.665. The first-order chi connectivity index (χ1) is 12.6. The van der Waals surface area contributed by atoms with Gasteiger partial charge in [-0.1, -0.05) is 45.9 Å². The number of aromatic nitrogens is 1. The summed E-state index contributed by atoms with van der Waals surface area (Å²) in [6, 6.07) is 11.9. The minimum atomic E-state index is 0.458. The first-order valence-corrected chi connectivity index (χ1v) is 9.67. The number of nitrogens with zero attached hydrogens (tertiary/aromatic N) is 1. The number of hydrogen-bond donors (Lipinski definition) is 0. The number of rotatable bonds is 3. The van der Waals surface area contributed by atoms with Crippen LogP contribution in [0.3, 0.4) is 0 Å². The molecule has 2 aromatic carbocycles. The van der Waals surface area contributed by atoms with Crippen LogP contribution >= 0.6 is 0 Å². The Balaban J connectivity index is 2.45. The molecule has 0 spiro atoms. The van der Waals surface area contributed by atoms with Crippen LogP contribution < -0.4 is 4.57 Å². The molecule has 0 bridgehead atoms. The van der Waals surface area contributed by atoms with E-state index in [1.807, 2.05) is 0 Å². The first kappa shape index (κ1) is 17.3. The van der Waals surface area contributed by atoms with Gasteiger partial charge in [0.2, 0.25) is 5.69 Å². The lowest BCUT2D eigenvalue weighted by atomic mass is 9.90. The average Bonchev–Trinajstić information content (AvgIpc) is 2.62. The molecule has 1 heteroatoms. The summed E-state index contributed by atoms with van der Waals surface area (Å²) >= 11 is 0.